The molecule has 2 bridgehead atoms. The second-order valence-electron chi connectivity index (χ2n) is 6.25. The summed E-state index contributed by atoms with van der Waals surface area (Å²) in [6.45, 7) is 1.61. The number of carbonyl (C=O) groups excluding carboxylic acids is 1. The summed E-state index contributed by atoms with van der Waals surface area (Å²) in [7, 11) is 5.79. The molecule has 4 atom stereocenters. The average Bonchev–Trinajstić information content (AvgIpc) is 2.96. The zero-order valence-corrected chi connectivity index (χ0v) is 12.5. The number of allylic oxidation sites excluding steroid dienone is 2. The van der Waals surface area contributed by atoms with Crippen molar-refractivity contribution in [3.63, 3.8) is 0 Å². The summed E-state index contributed by atoms with van der Waals surface area (Å²) in [6, 6.07) is 0. The highest BCUT2D eigenvalue weighted by molar-refractivity contribution is 5.86. The van der Waals surface area contributed by atoms with Crippen LogP contribution in [-0.2, 0) is 9.59 Å². The minimum atomic E-state index is -0.832. The lowest BCUT2D eigenvalue weighted by Crippen LogP contribution is -2.41. The van der Waals surface area contributed by atoms with Gasteiger partial charge in [-0.1, -0.05) is 12.2 Å². The Hall–Kier alpha value is -1.36. The van der Waals surface area contributed by atoms with Gasteiger partial charge in [-0.15, -0.1) is 0 Å². The predicted molar refractivity (Wildman–Crippen MR) is 76.2 cm³/mol. The second kappa shape index (κ2) is 5.95. The molecule has 1 saturated carbocycles. The second-order valence-corrected chi connectivity index (χ2v) is 6.25. The highest BCUT2D eigenvalue weighted by atomic mass is 16.4. The number of fused-ring (bicyclic) bond motifs is 2. The fourth-order valence-electron chi connectivity index (χ4n) is 3.48. The standard InChI is InChI=1S/C15H24N2O3/c1-16(2)7-4-8-17(3)14(18)12-10-5-6-11(9-10)13(12)15(19)20/h5-6,10-13H,4,7-9H2,1-3H3,(H,19,20). The number of hydrogen-bond acceptors (Lipinski definition) is 3. The molecule has 4 unspecified atom stereocenters. The van der Waals surface area contributed by atoms with E-state index in [2.05, 4.69) is 4.90 Å². The van der Waals surface area contributed by atoms with Crippen LogP contribution in [-0.4, -0.2) is 61.0 Å². The molecule has 2 aliphatic carbocycles. The first kappa shape index (κ1) is 15.0. The van der Waals surface area contributed by atoms with Gasteiger partial charge < -0.3 is 14.9 Å². The molecule has 0 aromatic carbocycles. The van der Waals surface area contributed by atoms with E-state index in [1.165, 1.54) is 0 Å². The maximum Gasteiger partial charge on any atom is 0.307 e. The third-order valence-electron chi connectivity index (χ3n) is 4.50. The van der Waals surface area contributed by atoms with E-state index in [9.17, 15) is 14.7 Å². The molecule has 0 radical (unpaired) electrons. The van der Waals surface area contributed by atoms with E-state index in [0.29, 0.717) is 6.54 Å². The zero-order valence-electron chi connectivity index (χ0n) is 12.5. The monoisotopic (exact) mass is 280 g/mol. The molecule has 112 valence electrons. The van der Waals surface area contributed by atoms with Crippen molar-refractivity contribution < 1.29 is 14.7 Å². The van der Waals surface area contributed by atoms with Crippen LogP contribution in [0.1, 0.15) is 12.8 Å². The van der Waals surface area contributed by atoms with Crippen molar-refractivity contribution in [1.29, 1.82) is 0 Å². The van der Waals surface area contributed by atoms with Crippen LogP contribution in [0.4, 0.5) is 0 Å². The minimum absolute atomic E-state index is 0.00648. The first-order valence-corrected chi connectivity index (χ1v) is 7.22. The normalized spacial score (nSPS) is 31.0. The van der Waals surface area contributed by atoms with Gasteiger partial charge in [0.2, 0.25) is 5.91 Å². The number of carboxylic acid groups (broad SMARTS) is 1. The molecule has 0 aliphatic heterocycles. The van der Waals surface area contributed by atoms with E-state index in [-0.39, 0.29) is 23.7 Å². The molecular weight excluding hydrogens is 256 g/mol. The lowest BCUT2D eigenvalue weighted by Gasteiger charge is -2.28. The lowest BCUT2D eigenvalue weighted by molar-refractivity contribution is -0.150. The van der Waals surface area contributed by atoms with Gasteiger partial charge in [0, 0.05) is 13.6 Å². The smallest absolute Gasteiger partial charge is 0.307 e. The zero-order chi connectivity index (χ0) is 14.9. The van der Waals surface area contributed by atoms with Crippen LogP contribution in [0, 0.1) is 23.7 Å². The summed E-state index contributed by atoms with van der Waals surface area (Å²) in [4.78, 5) is 27.8. The largest absolute Gasteiger partial charge is 0.481 e. The summed E-state index contributed by atoms with van der Waals surface area (Å²) in [5.41, 5.74) is 0. The Morgan fingerprint density at radius 2 is 1.70 bits per heavy atom. The number of nitrogens with zero attached hydrogens (tertiary/aromatic N) is 2. The van der Waals surface area contributed by atoms with Gasteiger partial charge in [0.25, 0.3) is 0 Å². The number of aliphatic carboxylic acids is 1. The predicted octanol–water partition coefficient (Wildman–Crippen LogP) is 0.919. The Labute approximate surface area is 120 Å². The van der Waals surface area contributed by atoms with Gasteiger partial charge in [0.15, 0.2) is 0 Å². The van der Waals surface area contributed by atoms with E-state index in [1.807, 2.05) is 26.2 Å². The van der Waals surface area contributed by atoms with Crippen molar-refractivity contribution >= 4 is 11.9 Å². The van der Waals surface area contributed by atoms with Gasteiger partial charge in [0.05, 0.1) is 11.8 Å². The molecule has 0 saturated heterocycles. The third-order valence-corrected chi connectivity index (χ3v) is 4.50. The maximum absolute atomic E-state index is 12.5. The highest BCUT2D eigenvalue weighted by Gasteiger charge is 2.52. The molecule has 2 rings (SSSR count). The molecule has 5 heteroatoms. The highest BCUT2D eigenvalue weighted by Crippen LogP contribution is 2.48. The van der Waals surface area contributed by atoms with Gasteiger partial charge >= 0.3 is 5.97 Å². The number of carboxylic acids is 1. The number of amides is 1. The fraction of sp³-hybridized carbons (Fsp3) is 0.733. The van der Waals surface area contributed by atoms with Gasteiger partial charge in [0.1, 0.15) is 0 Å². The Kier molecular flexibility index (Phi) is 4.48. The topological polar surface area (TPSA) is 60.9 Å². The van der Waals surface area contributed by atoms with Crippen LogP contribution in [0.3, 0.4) is 0 Å². The molecule has 5 nitrogen and oxygen atoms in total. The van der Waals surface area contributed by atoms with Crippen LogP contribution in [0.15, 0.2) is 12.2 Å². The first-order valence-electron chi connectivity index (χ1n) is 7.22. The fourth-order valence-corrected chi connectivity index (χ4v) is 3.48. The van der Waals surface area contributed by atoms with Crippen LogP contribution >= 0.6 is 0 Å². The maximum atomic E-state index is 12.5. The molecule has 2 aliphatic rings. The van der Waals surface area contributed by atoms with Crippen molar-refractivity contribution in [3.05, 3.63) is 12.2 Å². The molecular formula is C15H24N2O3. The molecule has 1 fully saturated rings. The number of rotatable bonds is 6. The Balaban J connectivity index is 1.97. The Morgan fingerprint density at radius 1 is 1.10 bits per heavy atom. The van der Waals surface area contributed by atoms with Gasteiger partial charge in [-0.25, -0.2) is 0 Å². The quantitative estimate of drug-likeness (QED) is 0.735. The molecule has 1 amide bonds. The van der Waals surface area contributed by atoms with Crippen LogP contribution in [0.5, 0.6) is 0 Å². The van der Waals surface area contributed by atoms with E-state index >= 15 is 0 Å². The Bertz CT molecular complexity index is 419. The average molecular weight is 280 g/mol. The van der Waals surface area contributed by atoms with Crippen LogP contribution in [0.25, 0.3) is 0 Å². The molecule has 0 aromatic rings. The minimum Gasteiger partial charge on any atom is -0.481 e. The van der Waals surface area contributed by atoms with Gasteiger partial charge in [-0.3, -0.25) is 9.59 Å². The van der Waals surface area contributed by atoms with E-state index < -0.39 is 11.9 Å². The molecule has 20 heavy (non-hydrogen) atoms. The lowest BCUT2D eigenvalue weighted by atomic mass is 9.82. The van der Waals surface area contributed by atoms with E-state index in [1.54, 1.807) is 11.9 Å². The van der Waals surface area contributed by atoms with Gasteiger partial charge in [-0.05, 0) is 45.3 Å². The van der Waals surface area contributed by atoms with E-state index in [4.69, 9.17) is 0 Å². The molecule has 0 aromatic heterocycles. The number of hydrogen-bond donors (Lipinski definition) is 1. The molecule has 0 spiro atoms. The SMILES string of the molecule is CN(C)CCCN(C)C(=O)C1C2C=CC(C2)C1C(=O)O. The van der Waals surface area contributed by atoms with Crippen LogP contribution < -0.4 is 0 Å². The van der Waals surface area contributed by atoms with E-state index in [0.717, 1.165) is 19.4 Å². The summed E-state index contributed by atoms with van der Waals surface area (Å²) in [5.74, 6) is -1.58. The third kappa shape index (κ3) is 2.87. The molecule has 1 N–H and O–H groups in total. The van der Waals surface area contributed by atoms with Crippen molar-refractivity contribution in [1.82, 2.24) is 9.80 Å². The van der Waals surface area contributed by atoms with Crippen molar-refractivity contribution in [2.24, 2.45) is 23.7 Å². The summed E-state index contributed by atoms with van der Waals surface area (Å²) in [6.07, 6.45) is 5.72. The number of carbonyl (C=O) groups is 2. The van der Waals surface area contributed by atoms with Crippen molar-refractivity contribution in [2.45, 2.75) is 12.8 Å². The van der Waals surface area contributed by atoms with Crippen LogP contribution in [0.2, 0.25) is 0 Å². The van der Waals surface area contributed by atoms with Crippen molar-refractivity contribution in [3.8, 4) is 0 Å². The molecule has 0 heterocycles. The Morgan fingerprint density at radius 3 is 2.25 bits per heavy atom. The van der Waals surface area contributed by atoms with Crippen molar-refractivity contribution in [2.75, 3.05) is 34.2 Å². The van der Waals surface area contributed by atoms with Gasteiger partial charge in [-0.2, -0.15) is 0 Å². The first-order chi connectivity index (χ1) is 9.41. The summed E-state index contributed by atoms with van der Waals surface area (Å²) in [5, 5.41) is 9.37. The summed E-state index contributed by atoms with van der Waals surface area (Å²) < 4.78 is 0. The summed E-state index contributed by atoms with van der Waals surface area (Å²) >= 11 is 0.